The van der Waals surface area contributed by atoms with Crippen LogP contribution in [-0.4, -0.2) is 37.2 Å². The van der Waals surface area contributed by atoms with Crippen LogP contribution in [0.5, 0.6) is 0 Å². The highest BCUT2D eigenvalue weighted by Gasteiger charge is 2.27. The van der Waals surface area contributed by atoms with Crippen molar-refractivity contribution < 1.29 is 13.9 Å². The Bertz CT molecular complexity index is 425. The van der Waals surface area contributed by atoms with Crippen molar-refractivity contribution in [3.05, 3.63) is 12.0 Å². The van der Waals surface area contributed by atoms with E-state index in [9.17, 15) is 4.79 Å². The van der Waals surface area contributed by atoms with Gasteiger partial charge in [-0.25, -0.2) is 4.79 Å². The third-order valence-electron chi connectivity index (χ3n) is 3.34. The number of hydrogen-bond donors (Lipinski definition) is 2. The van der Waals surface area contributed by atoms with Gasteiger partial charge in [-0.05, 0) is 31.7 Å². The lowest BCUT2D eigenvalue weighted by Gasteiger charge is -2.33. The predicted octanol–water partition coefficient (Wildman–Crippen LogP) is 1.65. The monoisotopic (exact) mass is 267 g/mol. The number of nitrogens with one attached hydrogen (secondary N) is 2. The van der Waals surface area contributed by atoms with Crippen molar-refractivity contribution in [3.8, 4) is 0 Å². The Morgan fingerprint density at radius 2 is 2.53 bits per heavy atom. The summed E-state index contributed by atoms with van der Waals surface area (Å²) >= 11 is 0. The van der Waals surface area contributed by atoms with Crippen molar-refractivity contribution in [2.45, 2.75) is 26.7 Å². The number of ether oxygens (including phenoxy) is 1. The molecule has 0 radical (unpaired) electrons. The summed E-state index contributed by atoms with van der Waals surface area (Å²) in [6, 6.07) is 0.370. The van der Waals surface area contributed by atoms with Crippen molar-refractivity contribution in [1.29, 1.82) is 0 Å². The average molecular weight is 267 g/mol. The number of anilines is 1. The topological polar surface area (TPSA) is 76.4 Å². The molecule has 1 saturated heterocycles. The van der Waals surface area contributed by atoms with Gasteiger partial charge in [-0.2, -0.15) is 4.98 Å². The summed E-state index contributed by atoms with van der Waals surface area (Å²) in [5.74, 6) is -0.454. The smallest absolute Gasteiger partial charge is 0.360 e. The number of oxazole rings is 1. The maximum Gasteiger partial charge on any atom is 0.360 e. The molecule has 106 valence electrons. The summed E-state index contributed by atoms with van der Waals surface area (Å²) in [7, 11) is 0. The van der Waals surface area contributed by atoms with Crippen molar-refractivity contribution in [2.75, 3.05) is 31.6 Å². The number of carbonyl (C=O) groups excluding carboxylic acids is 1. The van der Waals surface area contributed by atoms with Crippen LogP contribution in [0.25, 0.3) is 0 Å². The Hall–Kier alpha value is -1.56. The van der Waals surface area contributed by atoms with Crippen LogP contribution in [-0.2, 0) is 4.74 Å². The standard InChI is InChI=1S/C13H21N3O3/c1-3-18-11(17)10-7-19-12(16-10)15-9-13(2)5-4-6-14-8-13/h7,14H,3-6,8-9H2,1-2H3,(H,15,16). The molecule has 2 N–H and O–H groups in total. The van der Waals surface area contributed by atoms with Crippen molar-refractivity contribution in [3.63, 3.8) is 0 Å². The average Bonchev–Trinajstić information content (AvgIpc) is 2.87. The highest BCUT2D eigenvalue weighted by molar-refractivity contribution is 5.87. The lowest BCUT2D eigenvalue weighted by atomic mass is 9.83. The summed E-state index contributed by atoms with van der Waals surface area (Å²) in [4.78, 5) is 15.5. The maximum atomic E-state index is 11.4. The van der Waals surface area contributed by atoms with Crippen molar-refractivity contribution in [2.24, 2.45) is 5.41 Å². The second-order valence-corrected chi connectivity index (χ2v) is 5.20. The zero-order valence-electron chi connectivity index (χ0n) is 11.5. The molecular weight excluding hydrogens is 246 g/mol. The van der Waals surface area contributed by atoms with E-state index in [4.69, 9.17) is 9.15 Å². The SMILES string of the molecule is CCOC(=O)c1coc(NCC2(C)CCCNC2)n1. The Labute approximate surface area is 112 Å². The van der Waals surface area contributed by atoms with Crippen LogP contribution >= 0.6 is 0 Å². The predicted molar refractivity (Wildman–Crippen MR) is 71.2 cm³/mol. The van der Waals surface area contributed by atoms with Crippen LogP contribution in [0.4, 0.5) is 6.01 Å². The minimum Gasteiger partial charge on any atom is -0.461 e. The molecule has 19 heavy (non-hydrogen) atoms. The molecule has 2 heterocycles. The minimum absolute atomic E-state index is 0.191. The first-order valence-corrected chi connectivity index (χ1v) is 6.70. The van der Waals surface area contributed by atoms with E-state index in [1.807, 2.05) is 0 Å². The van der Waals surface area contributed by atoms with Gasteiger partial charge in [0.05, 0.1) is 6.61 Å². The molecule has 1 atom stereocenters. The van der Waals surface area contributed by atoms with E-state index in [0.717, 1.165) is 19.6 Å². The number of aromatic nitrogens is 1. The first-order valence-electron chi connectivity index (χ1n) is 6.70. The lowest BCUT2D eigenvalue weighted by Crippen LogP contribution is -2.42. The van der Waals surface area contributed by atoms with E-state index in [-0.39, 0.29) is 11.1 Å². The summed E-state index contributed by atoms with van der Waals surface area (Å²) in [6.07, 6.45) is 3.66. The van der Waals surface area contributed by atoms with Crippen molar-refractivity contribution >= 4 is 12.0 Å². The highest BCUT2D eigenvalue weighted by atomic mass is 16.5. The van der Waals surface area contributed by atoms with Gasteiger partial charge in [0.1, 0.15) is 6.26 Å². The molecule has 1 aliphatic rings. The van der Waals surface area contributed by atoms with Gasteiger partial charge in [0.25, 0.3) is 6.01 Å². The molecule has 1 aromatic rings. The number of esters is 1. The second-order valence-electron chi connectivity index (χ2n) is 5.20. The van der Waals surface area contributed by atoms with E-state index in [1.54, 1.807) is 6.92 Å². The van der Waals surface area contributed by atoms with Gasteiger partial charge in [-0.3, -0.25) is 0 Å². The fourth-order valence-corrected chi connectivity index (χ4v) is 2.21. The number of carbonyl (C=O) groups is 1. The fourth-order valence-electron chi connectivity index (χ4n) is 2.21. The molecule has 6 nitrogen and oxygen atoms in total. The van der Waals surface area contributed by atoms with Crippen LogP contribution < -0.4 is 10.6 Å². The molecule has 0 saturated carbocycles. The molecule has 0 bridgehead atoms. The minimum atomic E-state index is -0.454. The molecule has 1 aliphatic heterocycles. The molecule has 0 spiro atoms. The molecule has 2 rings (SSSR count). The van der Waals surface area contributed by atoms with Gasteiger partial charge >= 0.3 is 5.97 Å². The Balaban J connectivity index is 1.87. The zero-order valence-corrected chi connectivity index (χ0v) is 11.5. The molecule has 0 aliphatic carbocycles. The number of nitrogens with zero attached hydrogens (tertiary/aromatic N) is 1. The van der Waals surface area contributed by atoms with Crippen molar-refractivity contribution in [1.82, 2.24) is 10.3 Å². The van der Waals surface area contributed by atoms with Crippen LogP contribution in [0.15, 0.2) is 10.7 Å². The Kier molecular flexibility index (Phi) is 4.42. The third-order valence-corrected chi connectivity index (χ3v) is 3.34. The number of hydrogen-bond acceptors (Lipinski definition) is 6. The summed E-state index contributed by atoms with van der Waals surface area (Å²) in [6.45, 7) is 7.14. The number of piperidine rings is 1. The quantitative estimate of drug-likeness (QED) is 0.790. The van der Waals surface area contributed by atoms with E-state index in [1.165, 1.54) is 19.1 Å². The maximum absolute atomic E-state index is 11.4. The van der Waals surface area contributed by atoms with E-state index >= 15 is 0 Å². The van der Waals surface area contributed by atoms with Gasteiger partial charge < -0.3 is 19.8 Å². The molecular formula is C13H21N3O3. The van der Waals surface area contributed by atoms with Gasteiger partial charge in [0.2, 0.25) is 0 Å². The third kappa shape index (κ3) is 3.70. The molecule has 0 amide bonds. The molecule has 0 aromatic carbocycles. The Morgan fingerprint density at radius 1 is 1.68 bits per heavy atom. The molecule has 1 fully saturated rings. The first-order chi connectivity index (χ1) is 9.13. The second kappa shape index (κ2) is 6.06. The largest absolute Gasteiger partial charge is 0.461 e. The first kappa shape index (κ1) is 13.9. The molecule has 1 unspecified atom stereocenters. The lowest BCUT2D eigenvalue weighted by molar-refractivity contribution is 0.0519. The van der Waals surface area contributed by atoms with E-state index in [2.05, 4.69) is 22.5 Å². The Morgan fingerprint density at radius 3 is 3.21 bits per heavy atom. The van der Waals surface area contributed by atoms with Gasteiger partial charge in [-0.15, -0.1) is 0 Å². The summed E-state index contributed by atoms with van der Waals surface area (Å²) in [5.41, 5.74) is 0.396. The number of rotatable bonds is 5. The van der Waals surface area contributed by atoms with Crippen LogP contribution in [0.1, 0.15) is 37.2 Å². The van der Waals surface area contributed by atoms with Gasteiger partial charge in [0, 0.05) is 13.1 Å². The highest BCUT2D eigenvalue weighted by Crippen LogP contribution is 2.25. The normalized spacial score (nSPS) is 23.1. The van der Waals surface area contributed by atoms with E-state index < -0.39 is 5.97 Å². The van der Waals surface area contributed by atoms with Gasteiger partial charge in [0.15, 0.2) is 5.69 Å². The zero-order chi connectivity index (χ0) is 13.7. The van der Waals surface area contributed by atoms with Crippen LogP contribution in [0.2, 0.25) is 0 Å². The summed E-state index contributed by atoms with van der Waals surface area (Å²) < 4.78 is 10.1. The van der Waals surface area contributed by atoms with Gasteiger partial charge in [-0.1, -0.05) is 6.92 Å². The molecule has 6 heteroatoms. The molecule has 1 aromatic heterocycles. The van der Waals surface area contributed by atoms with E-state index in [0.29, 0.717) is 12.6 Å². The van der Waals surface area contributed by atoms with Crippen LogP contribution in [0.3, 0.4) is 0 Å². The summed E-state index contributed by atoms with van der Waals surface area (Å²) in [5, 5.41) is 6.53. The fraction of sp³-hybridized carbons (Fsp3) is 0.692. The van der Waals surface area contributed by atoms with Crippen LogP contribution in [0, 0.1) is 5.41 Å².